The van der Waals surface area contributed by atoms with Gasteiger partial charge in [0.15, 0.2) is 11.3 Å². The van der Waals surface area contributed by atoms with Gasteiger partial charge in [-0.3, -0.25) is 9.13 Å². The fourth-order valence-corrected chi connectivity index (χ4v) is 7.88. The number of benzene rings is 7. The molecule has 0 aliphatic heterocycles. The zero-order valence-corrected chi connectivity index (χ0v) is 27.8. The van der Waals surface area contributed by atoms with E-state index in [0.29, 0.717) is 0 Å². The lowest BCUT2D eigenvalue weighted by Gasteiger charge is -2.17. The largest absolute Gasteiger partial charge is 0.277 e. The van der Waals surface area contributed by atoms with E-state index in [1.807, 2.05) is 48.8 Å². The van der Waals surface area contributed by atoms with E-state index in [9.17, 15) is 0 Å². The van der Waals surface area contributed by atoms with Gasteiger partial charge in [-0.15, -0.1) is 0 Å². The first-order valence-electron chi connectivity index (χ1n) is 17.4. The molecule has 11 aromatic rings. The van der Waals surface area contributed by atoms with Crippen LogP contribution in [-0.4, -0.2) is 29.1 Å². The number of nitrogens with zero attached hydrogens (tertiary/aromatic N) is 6. The van der Waals surface area contributed by atoms with Crippen molar-refractivity contribution in [2.45, 2.75) is 0 Å². The van der Waals surface area contributed by atoms with Gasteiger partial charge in [0.25, 0.3) is 0 Å². The zero-order chi connectivity index (χ0) is 34.2. The normalized spacial score (nSPS) is 11.8. The van der Waals surface area contributed by atoms with Crippen LogP contribution in [0.4, 0.5) is 0 Å². The summed E-state index contributed by atoms with van der Waals surface area (Å²) in [5.41, 5.74) is 9.40. The molecule has 11 rings (SSSR count). The first-order chi connectivity index (χ1) is 25.8. The summed E-state index contributed by atoms with van der Waals surface area (Å²) >= 11 is 0. The molecule has 242 valence electrons. The summed E-state index contributed by atoms with van der Waals surface area (Å²) in [4.78, 5) is 20.1. The molecule has 6 nitrogen and oxygen atoms in total. The molecule has 0 amide bonds. The second-order valence-electron chi connectivity index (χ2n) is 13.2. The minimum absolute atomic E-state index is 0.805. The van der Waals surface area contributed by atoms with Crippen molar-refractivity contribution in [1.29, 1.82) is 0 Å². The Bertz CT molecular complexity index is 2970. The molecule has 6 heteroatoms. The fraction of sp³-hybridized carbons (Fsp3) is 0. The van der Waals surface area contributed by atoms with Gasteiger partial charge in [0.05, 0.1) is 0 Å². The highest BCUT2D eigenvalue weighted by Crippen LogP contribution is 2.42. The molecule has 0 bridgehead atoms. The SMILES string of the molecule is c1ccc(-n2c(-c3cc(-c4ccc5ccc6cccc7ccc4c5c67)cc(-c4nc5cccnc5n4-c4ccccc4)c3)nc3cccnc32)cc1. The minimum Gasteiger partial charge on any atom is -0.277 e. The van der Waals surface area contributed by atoms with E-state index in [2.05, 4.69) is 130 Å². The first kappa shape index (κ1) is 28.6. The average molecular weight is 665 g/mol. The van der Waals surface area contributed by atoms with Gasteiger partial charge >= 0.3 is 0 Å². The van der Waals surface area contributed by atoms with E-state index in [0.717, 1.165) is 67.6 Å². The molecule has 0 atom stereocenters. The lowest BCUT2D eigenvalue weighted by atomic mass is 9.89. The van der Waals surface area contributed by atoms with Crippen LogP contribution < -0.4 is 0 Å². The number of para-hydroxylation sites is 2. The molecule has 0 saturated carbocycles. The second-order valence-corrected chi connectivity index (χ2v) is 13.2. The molecule has 52 heavy (non-hydrogen) atoms. The van der Waals surface area contributed by atoms with E-state index in [1.54, 1.807) is 0 Å². The number of aromatic nitrogens is 6. The van der Waals surface area contributed by atoms with Gasteiger partial charge in [0, 0.05) is 34.9 Å². The van der Waals surface area contributed by atoms with Crippen LogP contribution in [0.5, 0.6) is 0 Å². The summed E-state index contributed by atoms with van der Waals surface area (Å²) in [5, 5.41) is 7.51. The summed E-state index contributed by atoms with van der Waals surface area (Å²) in [6.45, 7) is 0. The Hall–Kier alpha value is -7.18. The standard InChI is InChI=1S/C46H28N6/c1-3-12-35(13-4-1)51-43(49-39-16-8-24-47-45(39)51)33-26-32(37-22-20-31-19-18-29-10-7-11-30-21-23-38(37)42(31)41(29)30)27-34(28-33)44-50-40-17-9-25-48-46(40)52(44)36-14-5-2-6-15-36/h1-28H. The van der Waals surface area contributed by atoms with Gasteiger partial charge in [-0.2, -0.15) is 0 Å². The van der Waals surface area contributed by atoms with Crippen LogP contribution in [0.2, 0.25) is 0 Å². The summed E-state index contributed by atoms with van der Waals surface area (Å²) in [6, 6.07) is 55.4. The van der Waals surface area contributed by atoms with E-state index >= 15 is 0 Å². The van der Waals surface area contributed by atoms with Crippen LogP contribution in [0.15, 0.2) is 170 Å². The van der Waals surface area contributed by atoms with E-state index in [-0.39, 0.29) is 0 Å². The van der Waals surface area contributed by atoms with Gasteiger partial charge in [0.2, 0.25) is 0 Å². The number of hydrogen-bond acceptors (Lipinski definition) is 4. The van der Waals surface area contributed by atoms with Crippen molar-refractivity contribution in [2.24, 2.45) is 0 Å². The summed E-state index contributed by atoms with van der Waals surface area (Å²) < 4.78 is 4.31. The van der Waals surface area contributed by atoms with Crippen molar-refractivity contribution in [3.63, 3.8) is 0 Å². The van der Waals surface area contributed by atoms with Crippen LogP contribution in [-0.2, 0) is 0 Å². The van der Waals surface area contributed by atoms with Gasteiger partial charge in [-0.25, -0.2) is 19.9 Å². The average Bonchev–Trinajstić information content (AvgIpc) is 3.80. The Kier molecular flexibility index (Phi) is 6.15. The Labute approximate surface area is 298 Å². The highest BCUT2D eigenvalue weighted by Gasteiger charge is 2.22. The molecule has 4 heterocycles. The van der Waals surface area contributed by atoms with Crippen LogP contribution in [0.3, 0.4) is 0 Å². The molecule has 0 aliphatic carbocycles. The molecular weight excluding hydrogens is 637 g/mol. The molecule has 0 radical (unpaired) electrons. The third kappa shape index (κ3) is 4.31. The maximum Gasteiger partial charge on any atom is 0.164 e. The van der Waals surface area contributed by atoms with Crippen molar-refractivity contribution in [3.05, 3.63) is 170 Å². The predicted molar refractivity (Wildman–Crippen MR) is 211 cm³/mol. The Morgan fingerprint density at radius 2 is 0.885 bits per heavy atom. The van der Waals surface area contributed by atoms with E-state index in [4.69, 9.17) is 19.9 Å². The maximum absolute atomic E-state index is 5.24. The molecule has 0 spiro atoms. The summed E-state index contributed by atoms with van der Waals surface area (Å²) in [7, 11) is 0. The zero-order valence-electron chi connectivity index (χ0n) is 27.8. The van der Waals surface area contributed by atoms with Gasteiger partial charge in [-0.1, -0.05) is 91.0 Å². The number of hydrogen-bond donors (Lipinski definition) is 0. The topological polar surface area (TPSA) is 61.4 Å². The van der Waals surface area contributed by atoms with Crippen LogP contribution >= 0.6 is 0 Å². The van der Waals surface area contributed by atoms with Crippen LogP contribution in [0, 0.1) is 0 Å². The minimum atomic E-state index is 0.805. The lowest BCUT2D eigenvalue weighted by molar-refractivity contribution is 1.07. The summed E-state index contributed by atoms with van der Waals surface area (Å²) in [5.74, 6) is 1.61. The number of imidazole rings is 2. The fourth-order valence-electron chi connectivity index (χ4n) is 7.88. The Morgan fingerprint density at radius 1 is 0.385 bits per heavy atom. The van der Waals surface area contributed by atoms with Crippen LogP contribution in [0.25, 0.3) is 99.9 Å². The Balaban J connectivity index is 1.25. The highest BCUT2D eigenvalue weighted by molar-refractivity contribution is 6.25. The Morgan fingerprint density at radius 3 is 1.46 bits per heavy atom. The van der Waals surface area contributed by atoms with Crippen LogP contribution in [0.1, 0.15) is 0 Å². The van der Waals surface area contributed by atoms with E-state index < -0.39 is 0 Å². The van der Waals surface area contributed by atoms with Gasteiger partial charge in [0.1, 0.15) is 22.7 Å². The van der Waals surface area contributed by atoms with Crippen molar-refractivity contribution < 1.29 is 0 Å². The van der Waals surface area contributed by atoms with Crippen molar-refractivity contribution >= 4 is 54.6 Å². The third-order valence-corrected chi connectivity index (χ3v) is 10.1. The molecular formula is C46H28N6. The summed E-state index contributed by atoms with van der Waals surface area (Å²) in [6.07, 6.45) is 3.66. The molecule has 0 aliphatic rings. The molecule has 0 fully saturated rings. The predicted octanol–water partition coefficient (Wildman–Crippen LogP) is 11.1. The lowest BCUT2D eigenvalue weighted by Crippen LogP contribution is -2.01. The van der Waals surface area contributed by atoms with Gasteiger partial charge < -0.3 is 0 Å². The van der Waals surface area contributed by atoms with Crippen molar-refractivity contribution in [2.75, 3.05) is 0 Å². The molecule has 4 aromatic heterocycles. The smallest absolute Gasteiger partial charge is 0.164 e. The van der Waals surface area contributed by atoms with Gasteiger partial charge in [-0.05, 0) is 110 Å². The van der Waals surface area contributed by atoms with E-state index in [1.165, 1.54) is 32.3 Å². The molecule has 0 unspecified atom stereocenters. The monoisotopic (exact) mass is 664 g/mol. The number of pyridine rings is 2. The molecule has 0 saturated heterocycles. The number of rotatable bonds is 5. The highest BCUT2D eigenvalue weighted by atomic mass is 15.1. The number of fused-ring (bicyclic) bond motifs is 2. The first-order valence-corrected chi connectivity index (χ1v) is 17.4. The quantitative estimate of drug-likeness (QED) is 0.172. The van der Waals surface area contributed by atoms with Crippen molar-refractivity contribution in [1.82, 2.24) is 29.1 Å². The second kappa shape index (κ2) is 11.2. The molecule has 7 aromatic carbocycles. The maximum atomic E-state index is 5.24. The molecule has 0 N–H and O–H groups in total. The third-order valence-electron chi connectivity index (χ3n) is 10.1. The van der Waals surface area contributed by atoms with Crippen molar-refractivity contribution in [3.8, 4) is 45.3 Å².